The summed E-state index contributed by atoms with van der Waals surface area (Å²) in [5, 5.41) is 0. The largest absolute Gasteiger partial charge is 0.465 e. The zero-order chi connectivity index (χ0) is 14.4. The molecule has 1 aliphatic rings. The van der Waals surface area contributed by atoms with Crippen molar-refractivity contribution in [1.29, 1.82) is 0 Å². The first-order valence-corrected chi connectivity index (χ1v) is 7.06. The Balaban J connectivity index is 1.99. The molecular weight excluding hydrogens is 252 g/mol. The second-order valence-corrected chi connectivity index (χ2v) is 5.20. The molecule has 20 heavy (non-hydrogen) atoms. The SMILES string of the molecule is C=CCCCC(=O)C1C(=O)OC[C@@H]1Cc1ccccc1. The third-order valence-corrected chi connectivity index (χ3v) is 3.68. The molecule has 1 unspecified atom stereocenters. The van der Waals surface area contributed by atoms with Crippen molar-refractivity contribution in [2.45, 2.75) is 25.7 Å². The van der Waals surface area contributed by atoms with E-state index in [0.29, 0.717) is 19.4 Å². The van der Waals surface area contributed by atoms with Gasteiger partial charge >= 0.3 is 5.97 Å². The van der Waals surface area contributed by atoms with Crippen molar-refractivity contribution in [1.82, 2.24) is 0 Å². The van der Waals surface area contributed by atoms with Crippen LogP contribution in [0.15, 0.2) is 43.0 Å². The Morgan fingerprint density at radius 1 is 1.35 bits per heavy atom. The van der Waals surface area contributed by atoms with E-state index in [1.807, 2.05) is 30.3 Å². The van der Waals surface area contributed by atoms with E-state index in [1.165, 1.54) is 0 Å². The maximum Gasteiger partial charge on any atom is 0.316 e. The molecule has 106 valence electrons. The lowest BCUT2D eigenvalue weighted by Gasteiger charge is -2.14. The van der Waals surface area contributed by atoms with Crippen molar-refractivity contribution in [3.63, 3.8) is 0 Å². The molecule has 0 N–H and O–H groups in total. The minimum absolute atomic E-state index is 0.00952. The fourth-order valence-corrected chi connectivity index (χ4v) is 2.63. The summed E-state index contributed by atoms with van der Waals surface area (Å²) in [6, 6.07) is 9.92. The molecule has 0 aromatic heterocycles. The highest BCUT2D eigenvalue weighted by Crippen LogP contribution is 2.28. The second kappa shape index (κ2) is 7.04. The van der Waals surface area contributed by atoms with Crippen molar-refractivity contribution in [3.8, 4) is 0 Å². The standard InChI is InChI=1S/C17H20O3/c1-2-3-5-10-15(18)16-14(12-20-17(16)19)11-13-8-6-4-7-9-13/h2,4,6-9,14,16H,1,3,5,10-12H2/t14-,16?/m0/s1. The first-order valence-electron chi connectivity index (χ1n) is 7.06. The van der Waals surface area contributed by atoms with Gasteiger partial charge in [0.25, 0.3) is 0 Å². The number of ether oxygens (including phenoxy) is 1. The number of hydrogen-bond donors (Lipinski definition) is 0. The Kier molecular flexibility index (Phi) is 5.10. The van der Waals surface area contributed by atoms with Gasteiger partial charge in [0.2, 0.25) is 0 Å². The normalized spacial score (nSPS) is 21.5. The fraction of sp³-hybridized carbons (Fsp3) is 0.412. The Morgan fingerprint density at radius 2 is 2.10 bits per heavy atom. The molecule has 0 spiro atoms. The highest BCUT2D eigenvalue weighted by Gasteiger charge is 2.41. The van der Waals surface area contributed by atoms with E-state index in [9.17, 15) is 9.59 Å². The van der Waals surface area contributed by atoms with E-state index in [2.05, 4.69) is 6.58 Å². The van der Waals surface area contributed by atoms with Crippen LogP contribution in [0.1, 0.15) is 24.8 Å². The van der Waals surface area contributed by atoms with Crippen LogP contribution in [0.25, 0.3) is 0 Å². The van der Waals surface area contributed by atoms with Crippen molar-refractivity contribution in [2.24, 2.45) is 11.8 Å². The molecule has 2 atom stereocenters. The van der Waals surface area contributed by atoms with E-state index >= 15 is 0 Å². The Morgan fingerprint density at radius 3 is 2.80 bits per heavy atom. The van der Waals surface area contributed by atoms with E-state index in [4.69, 9.17) is 4.74 Å². The Hall–Kier alpha value is -1.90. The summed E-state index contributed by atoms with van der Waals surface area (Å²) in [5.74, 6) is -0.953. The number of ketones is 1. The molecule has 1 aromatic carbocycles. The van der Waals surface area contributed by atoms with Crippen LogP contribution < -0.4 is 0 Å². The van der Waals surface area contributed by atoms with Gasteiger partial charge in [0.1, 0.15) is 11.7 Å². The van der Waals surface area contributed by atoms with Crippen LogP contribution in [0.5, 0.6) is 0 Å². The summed E-state index contributed by atoms with van der Waals surface area (Å²) >= 11 is 0. The first-order chi connectivity index (χ1) is 9.72. The zero-order valence-corrected chi connectivity index (χ0v) is 11.6. The number of hydrogen-bond acceptors (Lipinski definition) is 3. The van der Waals surface area contributed by atoms with Crippen LogP contribution >= 0.6 is 0 Å². The number of carbonyl (C=O) groups excluding carboxylic acids is 2. The molecule has 0 bridgehead atoms. The minimum atomic E-state index is -0.583. The second-order valence-electron chi connectivity index (χ2n) is 5.20. The minimum Gasteiger partial charge on any atom is -0.465 e. The molecular formula is C17H20O3. The van der Waals surface area contributed by atoms with Gasteiger partial charge in [-0.05, 0) is 24.8 Å². The number of unbranched alkanes of at least 4 members (excludes halogenated alkanes) is 1. The summed E-state index contributed by atoms with van der Waals surface area (Å²) in [4.78, 5) is 24.0. The summed E-state index contributed by atoms with van der Waals surface area (Å²) in [6.07, 6.45) is 4.49. The molecule has 0 saturated carbocycles. The molecule has 3 nitrogen and oxygen atoms in total. The topological polar surface area (TPSA) is 43.4 Å². The van der Waals surface area contributed by atoms with Crippen molar-refractivity contribution in [2.75, 3.05) is 6.61 Å². The number of carbonyl (C=O) groups is 2. The van der Waals surface area contributed by atoms with Gasteiger partial charge in [-0.3, -0.25) is 9.59 Å². The summed E-state index contributed by atoms with van der Waals surface area (Å²) in [7, 11) is 0. The molecule has 1 aliphatic heterocycles. The van der Waals surface area contributed by atoms with Crippen LogP contribution in [0.3, 0.4) is 0 Å². The summed E-state index contributed by atoms with van der Waals surface area (Å²) < 4.78 is 5.10. The lowest BCUT2D eigenvalue weighted by atomic mass is 9.85. The molecule has 1 saturated heterocycles. The number of esters is 1. The van der Waals surface area contributed by atoms with E-state index in [-0.39, 0.29) is 17.7 Å². The molecule has 0 radical (unpaired) electrons. The number of cyclic esters (lactones) is 1. The average molecular weight is 272 g/mol. The number of Topliss-reactive ketones (excluding diaryl/α,β-unsaturated/α-hetero) is 1. The average Bonchev–Trinajstić information content (AvgIpc) is 2.81. The van der Waals surface area contributed by atoms with E-state index in [0.717, 1.165) is 18.4 Å². The number of rotatable bonds is 7. The van der Waals surface area contributed by atoms with Gasteiger partial charge in [-0.2, -0.15) is 0 Å². The summed E-state index contributed by atoms with van der Waals surface area (Å²) in [5.41, 5.74) is 1.14. The van der Waals surface area contributed by atoms with Gasteiger partial charge in [-0.25, -0.2) is 0 Å². The van der Waals surface area contributed by atoms with Crippen LogP contribution in [0.4, 0.5) is 0 Å². The molecule has 1 fully saturated rings. The molecule has 2 rings (SSSR count). The van der Waals surface area contributed by atoms with Gasteiger partial charge in [0.05, 0.1) is 6.61 Å². The fourth-order valence-electron chi connectivity index (χ4n) is 2.63. The lowest BCUT2D eigenvalue weighted by molar-refractivity contribution is -0.144. The van der Waals surface area contributed by atoms with E-state index < -0.39 is 5.92 Å². The highest BCUT2D eigenvalue weighted by atomic mass is 16.5. The third kappa shape index (κ3) is 3.56. The molecule has 1 aromatic rings. The van der Waals surface area contributed by atoms with Crippen molar-refractivity contribution in [3.05, 3.63) is 48.6 Å². The Bertz CT molecular complexity index is 478. The maximum atomic E-state index is 12.2. The first kappa shape index (κ1) is 14.5. The monoisotopic (exact) mass is 272 g/mol. The summed E-state index contributed by atoms with van der Waals surface area (Å²) in [6.45, 7) is 3.99. The molecule has 3 heteroatoms. The van der Waals surface area contributed by atoms with Gasteiger partial charge in [0.15, 0.2) is 0 Å². The predicted octanol–water partition coefficient (Wildman–Crippen LogP) is 2.94. The van der Waals surface area contributed by atoms with Gasteiger partial charge < -0.3 is 4.74 Å². The smallest absolute Gasteiger partial charge is 0.316 e. The van der Waals surface area contributed by atoms with Crippen LogP contribution in [0.2, 0.25) is 0 Å². The molecule has 0 amide bonds. The zero-order valence-electron chi connectivity index (χ0n) is 11.6. The van der Waals surface area contributed by atoms with E-state index in [1.54, 1.807) is 6.08 Å². The van der Waals surface area contributed by atoms with Crippen LogP contribution in [-0.2, 0) is 20.7 Å². The number of allylic oxidation sites excluding steroid dienone is 1. The Labute approximate surface area is 119 Å². The maximum absolute atomic E-state index is 12.2. The lowest BCUT2D eigenvalue weighted by Crippen LogP contribution is -2.27. The van der Waals surface area contributed by atoms with Crippen LogP contribution in [-0.4, -0.2) is 18.4 Å². The third-order valence-electron chi connectivity index (χ3n) is 3.68. The van der Waals surface area contributed by atoms with Gasteiger partial charge in [-0.15, -0.1) is 6.58 Å². The quantitative estimate of drug-likeness (QED) is 0.332. The number of benzene rings is 1. The van der Waals surface area contributed by atoms with Crippen molar-refractivity contribution >= 4 is 11.8 Å². The van der Waals surface area contributed by atoms with Crippen molar-refractivity contribution < 1.29 is 14.3 Å². The molecule has 1 heterocycles. The van der Waals surface area contributed by atoms with Gasteiger partial charge in [0, 0.05) is 12.3 Å². The highest BCUT2D eigenvalue weighted by molar-refractivity contribution is 6.00. The molecule has 0 aliphatic carbocycles. The van der Waals surface area contributed by atoms with Crippen LogP contribution in [0, 0.1) is 11.8 Å². The predicted molar refractivity (Wildman–Crippen MR) is 77.1 cm³/mol. The van der Waals surface area contributed by atoms with Gasteiger partial charge in [-0.1, -0.05) is 36.4 Å².